The topological polar surface area (TPSA) is 57.8 Å². The van der Waals surface area contributed by atoms with Crippen LogP contribution in [0.2, 0.25) is 0 Å². The summed E-state index contributed by atoms with van der Waals surface area (Å²) >= 11 is 0. The number of carbonyl (C=O) groups is 1. The molecule has 1 heterocycles. The van der Waals surface area contributed by atoms with E-state index in [2.05, 4.69) is 15.3 Å². The molecule has 1 amide bonds. The molecule has 3 rings (SSSR count). The van der Waals surface area contributed by atoms with Gasteiger partial charge in [-0.1, -0.05) is 24.3 Å². The number of para-hydroxylation sites is 2. The third kappa shape index (κ3) is 3.74. The Kier molecular flexibility index (Phi) is 4.37. The molecule has 0 atom stereocenters. The highest BCUT2D eigenvalue weighted by atomic mass is 19.1. The van der Waals surface area contributed by atoms with E-state index in [1.165, 1.54) is 6.07 Å². The highest BCUT2D eigenvalue weighted by molar-refractivity contribution is 5.77. The Labute approximate surface area is 133 Å². The van der Waals surface area contributed by atoms with Gasteiger partial charge in [-0.15, -0.1) is 0 Å². The fourth-order valence-corrected chi connectivity index (χ4v) is 2.46. The number of hydrogen-bond donors (Lipinski definition) is 2. The molecule has 0 aliphatic rings. The predicted molar refractivity (Wildman–Crippen MR) is 87.4 cm³/mol. The maximum atomic E-state index is 13.2. The Bertz CT molecular complexity index is 808. The Hall–Kier alpha value is -2.69. The molecule has 0 fully saturated rings. The van der Waals surface area contributed by atoms with Crippen LogP contribution < -0.4 is 5.32 Å². The molecule has 0 aliphatic carbocycles. The van der Waals surface area contributed by atoms with Crippen molar-refractivity contribution >= 4 is 16.9 Å². The van der Waals surface area contributed by atoms with Gasteiger partial charge in [-0.05, 0) is 36.2 Å². The van der Waals surface area contributed by atoms with E-state index in [1.54, 1.807) is 19.1 Å². The summed E-state index contributed by atoms with van der Waals surface area (Å²) in [5.41, 5.74) is 3.36. The molecule has 0 radical (unpaired) electrons. The van der Waals surface area contributed by atoms with Crippen LogP contribution in [0.3, 0.4) is 0 Å². The number of nitrogens with zero attached hydrogens (tertiary/aromatic N) is 1. The number of amides is 1. The molecule has 0 saturated carbocycles. The van der Waals surface area contributed by atoms with Crippen LogP contribution in [0.1, 0.15) is 23.4 Å². The lowest BCUT2D eigenvalue weighted by Crippen LogP contribution is -2.23. The number of nitrogens with one attached hydrogen (secondary N) is 2. The molecule has 118 valence electrons. The van der Waals surface area contributed by atoms with E-state index >= 15 is 0 Å². The van der Waals surface area contributed by atoms with Crippen LogP contribution in [-0.4, -0.2) is 15.9 Å². The smallest absolute Gasteiger partial charge is 0.220 e. The highest BCUT2D eigenvalue weighted by Crippen LogP contribution is 2.12. The number of carbonyl (C=O) groups excluding carboxylic acids is 1. The van der Waals surface area contributed by atoms with Crippen LogP contribution in [0.5, 0.6) is 0 Å². The number of aromatic amines is 1. The molecule has 0 aliphatic heterocycles. The molecule has 0 saturated heterocycles. The van der Waals surface area contributed by atoms with E-state index in [9.17, 15) is 9.18 Å². The summed E-state index contributed by atoms with van der Waals surface area (Å²) in [7, 11) is 0. The molecule has 4 nitrogen and oxygen atoms in total. The first-order chi connectivity index (χ1) is 11.1. The van der Waals surface area contributed by atoms with Crippen LogP contribution in [0.15, 0.2) is 42.5 Å². The van der Waals surface area contributed by atoms with E-state index in [1.807, 2.05) is 24.3 Å². The number of halogens is 1. The van der Waals surface area contributed by atoms with Gasteiger partial charge in [0.25, 0.3) is 0 Å². The van der Waals surface area contributed by atoms with Crippen molar-refractivity contribution in [2.24, 2.45) is 0 Å². The quantitative estimate of drug-likeness (QED) is 0.760. The van der Waals surface area contributed by atoms with E-state index in [0.717, 1.165) is 22.4 Å². The third-order valence-electron chi connectivity index (χ3n) is 3.74. The fraction of sp³-hybridized carbons (Fsp3) is 0.222. The van der Waals surface area contributed by atoms with Crippen molar-refractivity contribution in [1.29, 1.82) is 0 Å². The standard InChI is InChI=1S/C18H18FN3O/c1-12-10-13(6-7-14(12)19)11-20-18(23)9-8-17-21-15-4-2-3-5-16(15)22-17/h2-7,10H,8-9,11H2,1H3,(H,20,23)(H,21,22). The first-order valence-corrected chi connectivity index (χ1v) is 7.57. The molecule has 5 heteroatoms. The molecular formula is C18H18FN3O. The summed E-state index contributed by atoms with van der Waals surface area (Å²) in [5, 5.41) is 2.85. The number of fused-ring (bicyclic) bond motifs is 1. The van der Waals surface area contributed by atoms with Crippen molar-refractivity contribution in [3.8, 4) is 0 Å². The van der Waals surface area contributed by atoms with Gasteiger partial charge in [0.2, 0.25) is 5.91 Å². The van der Waals surface area contributed by atoms with Gasteiger partial charge in [0.05, 0.1) is 11.0 Å². The minimum atomic E-state index is -0.232. The summed E-state index contributed by atoms with van der Waals surface area (Å²) in [4.78, 5) is 19.6. The second-order valence-electron chi connectivity index (χ2n) is 5.56. The molecule has 0 bridgehead atoms. The SMILES string of the molecule is Cc1cc(CNC(=O)CCc2nc3ccccc3[nH]2)ccc1F. The lowest BCUT2D eigenvalue weighted by molar-refractivity contribution is -0.121. The molecule has 2 N–H and O–H groups in total. The second kappa shape index (κ2) is 6.60. The minimum absolute atomic E-state index is 0.0487. The van der Waals surface area contributed by atoms with Crippen LogP contribution in [0, 0.1) is 12.7 Å². The van der Waals surface area contributed by atoms with Crippen molar-refractivity contribution < 1.29 is 9.18 Å². The number of rotatable bonds is 5. The van der Waals surface area contributed by atoms with Gasteiger partial charge in [0.1, 0.15) is 11.6 Å². The number of hydrogen-bond acceptors (Lipinski definition) is 2. The zero-order valence-corrected chi connectivity index (χ0v) is 12.9. The van der Waals surface area contributed by atoms with Gasteiger partial charge in [-0.3, -0.25) is 4.79 Å². The number of H-pyrrole nitrogens is 1. The molecule has 0 spiro atoms. The molecular weight excluding hydrogens is 293 g/mol. The zero-order valence-electron chi connectivity index (χ0n) is 12.9. The summed E-state index contributed by atoms with van der Waals surface area (Å²) in [6.07, 6.45) is 0.920. The molecule has 2 aromatic carbocycles. The second-order valence-corrected chi connectivity index (χ2v) is 5.56. The normalized spacial score (nSPS) is 10.9. The monoisotopic (exact) mass is 311 g/mol. The van der Waals surface area contributed by atoms with Gasteiger partial charge < -0.3 is 10.3 Å². The number of imidazole rings is 1. The lowest BCUT2D eigenvalue weighted by atomic mass is 10.1. The summed E-state index contributed by atoms with van der Waals surface area (Å²) < 4.78 is 13.2. The predicted octanol–water partition coefficient (Wildman–Crippen LogP) is 3.26. The number of benzene rings is 2. The Morgan fingerprint density at radius 3 is 2.87 bits per heavy atom. The van der Waals surface area contributed by atoms with Crippen molar-refractivity contribution in [3.63, 3.8) is 0 Å². The van der Waals surface area contributed by atoms with Gasteiger partial charge in [-0.2, -0.15) is 0 Å². The highest BCUT2D eigenvalue weighted by Gasteiger charge is 2.07. The van der Waals surface area contributed by atoms with Crippen molar-refractivity contribution in [2.75, 3.05) is 0 Å². The molecule has 0 unspecified atom stereocenters. The van der Waals surface area contributed by atoms with E-state index in [4.69, 9.17) is 0 Å². The van der Waals surface area contributed by atoms with E-state index in [0.29, 0.717) is 24.9 Å². The minimum Gasteiger partial charge on any atom is -0.352 e. The molecule has 3 aromatic rings. The maximum Gasteiger partial charge on any atom is 0.220 e. The van der Waals surface area contributed by atoms with Crippen LogP contribution in [-0.2, 0) is 17.8 Å². The lowest BCUT2D eigenvalue weighted by Gasteiger charge is -2.06. The first kappa shape index (κ1) is 15.2. The summed E-state index contributed by atoms with van der Waals surface area (Å²) in [5.74, 6) is 0.524. The largest absolute Gasteiger partial charge is 0.352 e. The Morgan fingerprint density at radius 1 is 1.26 bits per heavy atom. The van der Waals surface area contributed by atoms with Crippen molar-refractivity contribution in [3.05, 3.63) is 65.2 Å². The van der Waals surface area contributed by atoms with Crippen LogP contribution in [0.4, 0.5) is 4.39 Å². The summed E-state index contributed by atoms with van der Waals surface area (Å²) in [6.45, 7) is 2.11. The average Bonchev–Trinajstić information content (AvgIpc) is 2.97. The maximum absolute atomic E-state index is 13.2. The Morgan fingerprint density at radius 2 is 2.09 bits per heavy atom. The molecule has 1 aromatic heterocycles. The van der Waals surface area contributed by atoms with Gasteiger partial charge >= 0.3 is 0 Å². The number of aryl methyl sites for hydroxylation is 2. The molecule has 23 heavy (non-hydrogen) atoms. The average molecular weight is 311 g/mol. The van der Waals surface area contributed by atoms with Crippen LogP contribution >= 0.6 is 0 Å². The van der Waals surface area contributed by atoms with Gasteiger partial charge in [0, 0.05) is 19.4 Å². The van der Waals surface area contributed by atoms with Gasteiger partial charge in [-0.25, -0.2) is 9.37 Å². The summed E-state index contributed by atoms with van der Waals surface area (Å²) in [6, 6.07) is 12.6. The van der Waals surface area contributed by atoms with E-state index < -0.39 is 0 Å². The van der Waals surface area contributed by atoms with Gasteiger partial charge in [0.15, 0.2) is 0 Å². The zero-order chi connectivity index (χ0) is 16.2. The Balaban J connectivity index is 1.52. The van der Waals surface area contributed by atoms with Crippen LogP contribution in [0.25, 0.3) is 11.0 Å². The first-order valence-electron chi connectivity index (χ1n) is 7.57. The third-order valence-corrected chi connectivity index (χ3v) is 3.74. The fourth-order valence-electron chi connectivity index (χ4n) is 2.46. The number of aromatic nitrogens is 2. The van der Waals surface area contributed by atoms with Crippen molar-refractivity contribution in [1.82, 2.24) is 15.3 Å². The van der Waals surface area contributed by atoms with Crippen molar-refractivity contribution in [2.45, 2.75) is 26.3 Å². The van der Waals surface area contributed by atoms with E-state index in [-0.39, 0.29) is 11.7 Å².